The van der Waals surface area contributed by atoms with Crippen LogP contribution in [-0.4, -0.2) is 24.1 Å². The van der Waals surface area contributed by atoms with E-state index in [0.29, 0.717) is 11.5 Å². The first-order valence-electron chi connectivity index (χ1n) is 11.3. The second kappa shape index (κ2) is 7.49. The third-order valence-corrected chi connectivity index (χ3v) is 6.51. The molecule has 0 atom stereocenters. The maximum Gasteiger partial charge on any atom is 0.270 e. The Kier molecular flexibility index (Phi) is 4.14. The Balaban J connectivity index is 1.53. The monoisotopic (exact) mass is 461 g/mol. The van der Waals surface area contributed by atoms with Gasteiger partial charge in [-0.1, -0.05) is 49.0 Å². The van der Waals surface area contributed by atoms with Gasteiger partial charge in [0.25, 0.3) is 5.82 Å². The summed E-state index contributed by atoms with van der Waals surface area (Å²) < 4.78 is 4.15. The van der Waals surface area contributed by atoms with Crippen molar-refractivity contribution < 1.29 is 0 Å². The van der Waals surface area contributed by atoms with E-state index in [0.717, 1.165) is 55.2 Å². The smallest absolute Gasteiger partial charge is 0.270 e. The fraction of sp³-hybridized carbons (Fsp3) is 0. The van der Waals surface area contributed by atoms with E-state index in [-0.39, 0.29) is 0 Å². The van der Waals surface area contributed by atoms with Crippen molar-refractivity contribution in [1.82, 2.24) is 24.1 Å². The van der Waals surface area contributed by atoms with Crippen molar-refractivity contribution in [3.8, 4) is 17.7 Å². The lowest BCUT2D eigenvalue weighted by Gasteiger charge is -2.11. The number of hydrogen-bond donors (Lipinski definition) is 0. The summed E-state index contributed by atoms with van der Waals surface area (Å²) >= 11 is 0. The van der Waals surface area contributed by atoms with Gasteiger partial charge in [0.2, 0.25) is 0 Å². The van der Waals surface area contributed by atoms with E-state index < -0.39 is 0 Å². The lowest BCUT2D eigenvalue weighted by molar-refractivity contribution is 1.01. The van der Waals surface area contributed by atoms with Crippen LogP contribution in [0.2, 0.25) is 0 Å². The molecule has 0 N–H and O–H groups in total. The minimum absolute atomic E-state index is 0.363. The van der Waals surface area contributed by atoms with E-state index in [1.165, 1.54) is 0 Å². The molecule has 166 valence electrons. The van der Waals surface area contributed by atoms with Crippen molar-refractivity contribution in [1.29, 1.82) is 5.26 Å². The Bertz CT molecular complexity index is 1940. The predicted octanol–water partition coefficient (Wildman–Crippen LogP) is 6.49. The number of benzene rings is 2. The van der Waals surface area contributed by atoms with Gasteiger partial charge in [0, 0.05) is 21.5 Å². The number of hydrogen-bond acceptors (Lipinski definition) is 4. The summed E-state index contributed by atoms with van der Waals surface area (Å²) in [5, 5.41) is 13.4. The van der Waals surface area contributed by atoms with Crippen LogP contribution >= 0.6 is 0 Å². The predicted molar refractivity (Wildman–Crippen MR) is 139 cm³/mol. The van der Waals surface area contributed by atoms with E-state index in [4.69, 9.17) is 11.6 Å². The molecule has 0 aliphatic heterocycles. The average Bonchev–Trinajstić information content (AvgIpc) is 3.45. The summed E-state index contributed by atoms with van der Waals surface area (Å²) in [5.41, 5.74) is 4.12. The van der Waals surface area contributed by atoms with Crippen molar-refractivity contribution in [3.63, 3.8) is 0 Å². The molecule has 0 spiro atoms. The van der Waals surface area contributed by atoms with Crippen LogP contribution in [0.1, 0.15) is 5.69 Å². The molecule has 7 rings (SSSR count). The van der Waals surface area contributed by atoms with E-state index in [2.05, 4.69) is 42.1 Å². The molecule has 7 aromatic rings. The standard InChI is InChI=1S/C29H15N7/c1-31-27-14-22-20-8-3-5-10-24(20)36(26(22)17-33-27)29-12-6-11-28(34-29)35-23-9-4-2-7-19(23)21-13-18(15-30)32-16-25(21)35/h2-14,16-17H. The van der Waals surface area contributed by atoms with Crippen molar-refractivity contribution in [2.24, 2.45) is 0 Å². The van der Waals surface area contributed by atoms with Crippen LogP contribution in [0.15, 0.2) is 91.3 Å². The molecule has 0 saturated carbocycles. The Morgan fingerprint density at radius 2 is 1.25 bits per heavy atom. The molecule has 0 amide bonds. The number of aromatic nitrogens is 5. The van der Waals surface area contributed by atoms with Crippen molar-refractivity contribution >= 4 is 49.4 Å². The van der Waals surface area contributed by atoms with E-state index >= 15 is 0 Å². The molecule has 0 saturated heterocycles. The highest BCUT2D eigenvalue weighted by atomic mass is 15.1. The van der Waals surface area contributed by atoms with Gasteiger partial charge >= 0.3 is 0 Å². The lowest BCUT2D eigenvalue weighted by atomic mass is 10.2. The fourth-order valence-corrected chi connectivity index (χ4v) is 5.00. The van der Waals surface area contributed by atoms with Gasteiger partial charge in [-0.05, 0) is 36.4 Å². The molecular weight excluding hydrogens is 446 g/mol. The quantitative estimate of drug-likeness (QED) is 0.276. The minimum Gasteiger partial charge on any atom is -0.361 e. The van der Waals surface area contributed by atoms with Crippen LogP contribution in [0, 0.1) is 17.9 Å². The molecule has 0 unspecified atom stereocenters. The minimum atomic E-state index is 0.363. The molecule has 7 heteroatoms. The van der Waals surface area contributed by atoms with Crippen LogP contribution in [0.25, 0.3) is 60.1 Å². The number of rotatable bonds is 2. The third kappa shape index (κ3) is 2.74. The summed E-state index contributed by atoms with van der Waals surface area (Å²) in [4.78, 5) is 17.3. The highest BCUT2D eigenvalue weighted by molar-refractivity contribution is 6.10. The third-order valence-electron chi connectivity index (χ3n) is 6.51. The van der Waals surface area contributed by atoms with Gasteiger partial charge in [0.15, 0.2) is 0 Å². The Morgan fingerprint density at radius 1 is 0.667 bits per heavy atom. The zero-order chi connectivity index (χ0) is 24.2. The highest BCUT2D eigenvalue weighted by Crippen LogP contribution is 2.34. The van der Waals surface area contributed by atoms with Gasteiger partial charge in [-0.15, -0.1) is 4.98 Å². The average molecular weight is 461 g/mol. The van der Waals surface area contributed by atoms with Crippen molar-refractivity contribution in [2.75, 3.05) is 0 Å². The van der Waals surface area contributed by atoms with E-state index in [1.54, 1.807) is 12.4 Å². The maximum absolute atomic E-state index is 9.39. The first-order valence-corrected chi connectivity index (χ1v) is 11.3. The van der Waals surface area contributed by atoms with Gasteiger partial charge in [-0.25, -0.2) is 9.97 Å². The first kappa shape index (κ1) is 19.9. The number of nitriles is 1. The SMILES string of the molecule is [C-]#[N+]c1cc2c3ccccc3n(-c3cccc(-n4c5ccccc5c5cc(C#N)ncc54)n3)c2cn1. The molecule has 0 fully saturated rings. The zero-order valence-electron chi connectivity index (χ0n) is 18.8. The Labute approximate surface area is 204 Å². The van der Waals surface area contributed by atoms with Crippen LogP contribution in [0.4, 0.5) is 5.82 Å². The van der Waals surface area contributed by atoms with E-state index in [1.807, 2.05) is 66.7 Å². The Morgan fingerprint density at radius 3 is 1.86 bits per heavy atom. The highest BCUT2D eigenvalue weighted by Gasteiger charge is 2.17. The molecule has 0 aliphatic rings. The molecule has 0 bridgehead atoms. The van der Waals surface area contributed by atoms with E-state index in [9.17, 15) is 5.26 Å². The van der Waals surface area contributed by atoms with Gasteiger partial charge in [-0.2, -0.15) is 5.26 Å². The van der Waals surface area contributed by atoms with Gasteiger partial charge < -0.3 is 4.85 Å². The molecule has 7 nitrogen and oxygen atoms in total. The molecule has 0 aliphatic carbocycles. The van der Waals surface area contributed by atoms with Crippen molar-refractivity contribution in [2.45, 2.75) is 0 Å². The van der Waals surface area contributed by atoms with Crippen LogP contribution < -0.4 is 0 Å². The van der Waals surface area contributed by atoms with Crippen molar-refractivity contribution in [3.05, 3.63) is 108 Å². The topological polar surface area (TPSA) is 76.7 Å². The summed E-state index contributed by atoms with van der Waals surface area (Å²) in [5.74, 6) is 1.84. The van der Waals surface area contributed by atoms with Gasteiger partial charge in [0.1, 0.15) is 29.6 Å². The van der Waals surface area contributed by atoms with Gasteiger partial charge in [0.05, 0.1) is 28.3 Å². The normalized spacial score (nSPS) is 11.3. The van der Waals surface area contributed by atoms with Crippen LogP contribution in [0.3, 0.4) is 0 Å². The summed E-state index contributed by atoms with van der Waals surface area (Å²) in [7, 11) is 0. The molecule has 36 heavy (non-hydrogen) atoms. The maximum atomic E-state index is 9.39. The molecule has 0 radical (unpaired) electrons. The van der Waals surface area contributed by atoms with Crippen LogP contribution in [0.5, 0.6) is 0 Å². The number of nitrogens with zero attached hydrogens (tertiary/aromatic N) is 7. The lowest BCUT2D eigenvalue weighted by Crippen LogP contribution is -2.03. The second-order valence-electron chi connectivity index (χ2n) is 8.43. The largest absolute Gasteiger partial charge is 0.361 e. The Hall–Kier alpha value is -5.53. The summed E-state index contributed by atoms with van der Waals surface area (Å²) in [6, 6.07) is 27.9. The zero-order valence-corrected chi connectivity index (χ0v) is 18.8. The second-order valence-corrected chi connectivity index (χ2v) is 8.43. The summed E-state index contributed by atoms with van der Waals surface area (Å²) in [6.07, 6.45) is 3.48. The number of para-hydroxylation sites is 2. The van der Waals surface area contributed by atoms with Crippen LogP contribution in [-0.2, 0) is 0 Å². The number of pyridine rings is 3. The van der Waals surface area contributed by atoms with Gasteiger partial charge in [-0.3, -0.25) is 9.13 Å². The molecule has 5 heterocycles. The molecule has 5 aromatic heterocycles. The first-order chi connectivity index (χ1) is 17.8. The fourth-order valence-electron chi connectivity index (χ4n) is 5.00. The molecular formula is C29H15N7. The summed E-state index contributed by atoms with van der Waals surface area (Å²) in [6.45, 7) is 7.38. The number of fused-ring (bicyclic) bond motifs is 6. The molecule has 2 aromatic carbocycles.